The number of aliphatic imine (C=N–C) groups is 1. The molecule has 2 rings (SSSR count). The monoisotopic (exact) mass is 533 g/mol. The molecule has 1 unspecified atom stereocenters. The summed E-state index contributed by atoms with van der Waals surface area (Å²) in [7, 11) is 6.47. The van der Waals surface area contributed by atoms with E-state index in [-0.39, 0.29) is 35.9 Å². The first-order chi connectivity index (χ1) is 14.0. The molecule has 0 aliphatic heterocycles. The first-order valence-electron chi connectivity index (χ1n) is 9.16. The van der Waals surface area contributed by atoms with E-state index in [0.717, 1.165) is 5.56 Å². The molecule has 0 bridgehead atoms. The Labute approximate surface area is 194 Å². The first-order valence-corrected chi connectivity index (χ1v) is 9.16. The van der Waals surface area contributed by atoms with Gasteiger partial charge in [0.1, 0.15) is 34.9 Å². The van der Waals surface area contributed by atoms with E-state index in [9.17, 15) is 4.39 Å². The predicted octanol–water partition coefficient (Wildman–Crippen LogP) is 3.60. The van der Waals surface area contributed by atoms with Crippen LogP contribution in [0.4, 0.5) is 4.39 Å². The zero-order valence-corrected chi connectivity index (χ0v) is 20.2. The third-order valence-electron chi connectivity index (χ3n) is 4.18. The lowest BCUT2D eigenvalue weighted by atomic mass is 10.1. The molecular formula is C21H29FIN3O4. The van der Waals surface area contributed by atoms with Gasteiger partial charge in [0, 0.05) is 19.2 Å². The van der Waals surface area contributed by atoms with E-state index in [1.165, 1.54) is 12.1 Å². The summed E-state index contributed by atoms with van der Waals surface area (Å²) in [6, 6.07) is 9.53. The molecule has 30 heavy (non-hydrogen) atoms. The van der Waals surface area contributed by atoms with Crippen LogP contribution in [0, 0.1) is 5.82 Å². The molecule has 0 saturated carbocycles. The summed E-state index contributed by atoms with van der Waals surface area (Å²) in [6.45, 7) is 2.86. The fourth-order valence-corrected chi connectivity index (χ4v) is 2.67. The van der Waals surface area contributed by atoms with Crippen LogP contribution < -0.4 is 29.6 Å². The van der Waals surface area contributed by atoms with Gasteiger partial charge in [0.2, 0.25) is 0 Å². The Kier molecular flexibility index (Phi) is 11.1. The zero-order valence-electron chi connectivity index (χ0n) is 17.8. The minimum atomic E-state index is -0.294. The van der Waals surface area contributed by atoms with Crippen LogP contribution in [0.15, 0.2) is 41.4 Å². The van der Waals surface area contributed by atoms with Gasteiger partial charge in [-0.05, 0) is 31.2 Å². The van der Waals surface area contributed by atoms with E-state index in [2.05, 4.69) is 15.6 Å². The Balaban J connectivity index is 0.00000450. The van der Waals surface area contributed by atoms with Crippen molar-refractivity contribution < 1.29 is 23.3 Å². The molecule has 0 saturated heterocycles. The fraction of sp³-hybridized carbons (Fsp3) is 0.381. The van der Waals surface area contributed by atoms with Gasteiger partial charge in [-0.15, -0.1) is 24.0 Å². The van der Waals surface area contributed by atoms with Gasteiger partial charge < -0.3 is 29.6 Å². The number of guanidine groups is 1. The van der Waals surface area contributed by atoms with E-state index in [1.807, 2.05) is 6.92 Å². The van der Waals surface area contributed by atoms with Crippen molar-refractivity contribution in [1.82, 2.24) is 10.6 Å². The lowest BCUT2D eigenvalue weighted by molar-refractivity contribution is 0.223. The topological polar surface area (TPSA) is 73.3 Å². The largest absolute Gasteiger partial charge is 0.496 e. The molecule has 7 nitrogen and oxygen atoms in total. The molecule has 9 heteroatoms. The van der Waals surface area contributed by atoms with Crippen molar-refractivity contribution in [2.45, 2.75) is 19.6 Å². The van der Waals surface area contributed by atoms with Crippen molar-refractivity contribution in [2.75, 3.05) is 34.9 Å². The Bertz CT molecular complexity index is 793. The van der Waals surface area contributed by atoms with Crippen LogP contribution in [-0.4, -0.2) is 47.0 Å². The fourth-order valence-electron chi connectivity index (χ4n) is 2.67. The smallest absolute Gasteiger partial charge is 0.191 e. The standard InChI is InChI=1S/C21H28FN3O4.HI/c1-14(29-16-8-6-15(22)7-9-16)12-24-21(23-2)25-13-18-19(27-4)10-17(26-3)11-20(18)28-5;/h6-11,14H,12-13H2,1-5H3,(H2,23,24,25);1H. The van der Waals surface area contributed by atoms with Crippen LogP contribution >= 0.6 is 24.0 Å². The van der Waals surface area contributed by atoms with Crippen LogP contribution in [0.1, 0.15) is 12.5 Å². The van der Waals surface area contributed by atoms with E-state index in [1.54, 1.807) is 52.6 Å². The van der Waals surface area contributed by atoms with E-state index in [0.29, 0.717) is 42.0 Å². The lowest BCUT2D eigenvalue weighted by Crippen LogP contribution is -2.41. The van der Waals surface area contributed by atoms with Gasteiger partial charge in [-0.25, -0.2) is 4.39 Å². The molecule has 0 fully saturated rings. The number of nitrogens with zero attached hydrogens (tertiary/aromatic N) is 1. The summed E-state index contributed by atoms with van der Waals surface area (Å²) in [4.78, 5) is 4.22. The van der Waals surface area contributed by atoms with Crippen molar-refractivity contribution in [3.8, 4) is 23.0 Å². The van der Waals surface area contributed by atoms with Crippen LogP contribution in [0.3, 0.4) is 0 Å². The third kappa shape index (κ3) is 7.43. The second-order valence-electron chi connectivity index (χ2n) is 6.20. The van der Waals surface area contributed by atoms with Gasteiger partial charge in [0.05, 0.1) is 40.0 Å². The van der Waals surface area contributed by atoms with Gasteiger partial charge >= 0.3 is 0 Å². The number of halogens is 2. The van der Waals surface area contributed by atoms with E-state index < -0.39 is 0 Å². The number of hydrogen-bond donors (Lipinski definition) is 2. The number of nitrogens with one attached hydrogen (secondary N) is 2. The number of hydrogen-bond acceptors (Lipinski definition) is 5. The Morgan fingerprint density at radius 3 is 2.07 bits per heavy atom. The maximum absolute atomic E-state index is 13.0. The molecule has 0 heterocycles. The molecule has 2 aromatic carbocycles. The highest BCUT2D eigenvalue weighted by molar-refractivity contribution is 14.0. The highest BCUT2D eigenvalue weighted by atomic mass is 127. The number of rotatable bonds is 9. The molecule has 0 radical (unpaired) electrons. The minimum Gasteiger partial charge on any atom is -0.496 e. The van der Waals surface area contributed by atoms with Crippen molar-refractivity contribution in [1.29, 1.82) is 0 Å². The number of methoxy groups -OCH3 is 3. The molecule has 166 valence electrons. The molecule has 0 aliphatic carbocycles. The lowest BCUT2D eigenvalue weighted by Gasteiger charge is -2.19. The average Bonchev–Trinajstić information content (AvgIpc) is 2.74. The summed E-state index contributed by atoms with van der Waals surface area (Å²) < 4.78 is 34.9. The van der Waals surface area contributed by atoms with Gasteiger partial charge in [-0.2, -0.15) is 0 Å². The maximum atomic E-state index is 13.0. The Hall–Kier alpha value is -2.43. The molecule has 1 atom stereocenters. The third-order valence-corrected chi connectivity index (χ3v) is 4.18. The van der Waals surface area contributed by atoms with Crippen LogP contribution in [-0.2, 0) is 6.54 Å². The van der Waals surface area contributed by atoms with Crippen molar-refractivity contribution >= 4 is 29.9 Å². The van der Waals surface area contributed by atoms with Crippen molar-refractivity contribution in [2.24, 2.45) is 4.99 Å². The minimum absolute atomic E-state index is 0. The Morgan fingerprint density at radius 1 is 0.967 bits per heavy atom. The highest BCUT2D eigenvalue weighted by Crippen LogP contribution is 2.33. The van der Waals surface area contributed by atoms with Gasteiger partial charge in [0.25, 0.3) is 0 Å². The van der Waals surface area contributed by atoms with Crippen LogP contribution in [0.2, 0.25) is 0 Å². The molecule has 0 spiro atoms. The summed E-state index contributed by atoms with van der Waals surface area (Å²) in [5.41, 5.74) is 0.842. The predicted molar refractivity (Wildman–Crippen MR) is 126 cm³/mol. The SMILES string of the molecule is CN=C(NCc1c(OC)cc(OC)cc1OC)NCC(C)Oc1ccc(F)cc1.I. The van der Waals surface area contributed by atoms with Gasteiger partial charge in [0.15, 0.2) is 5.96 Å². The summed E-state index contributed by atoms with van der Waals surface area (Å²) in [6.07, 6.45) is -0.149. The van der Waals surface area contributed by atoms with Crippen molar-refractivity contribution in [3.05, 3.63) is 47.8 Å². The molecule has 0 amide bonds. The molecule has 0 aromatic heterocycles. The molecule has 2 aromatic rings. The Morgan fingerprint density at radius 2 is 1.57 bits per heavy atom. The second-order valence-corrected chi connectivity index (χ2v) is 6.20. The van der Waals surface area contributed by atoms with Gasteiger partial charge in [-0.1, -0.05) is 0 Å². The molecular weight excluding hydrogens is 504 g/mol. The quantitative estimate of drug-likeness (QED) is 0.292. The van der Waals surface area contributed by atoms with Crippen LogP contribution in [0.25, 0.3) is 0 Å². The molecule has 2 N–H and O–H groups in total. The normalized spacial score (nSPS) is 11.7. The summed E-state index contributed by atoms with van der Waals surface area (Å²) in [5.74, 6) is 2.86. The summed E-state index contributed by atoms with van der Waals surface area (Å²) in [5, 5.41) is 6.43. The zero-order chi connectivity index (χ0) is 21.2. The number of benzene rings is 2. The highest BCUT2D eigenvalue weighted by Gasteiger charge is 2.14. The van der Waals surface area contributed by atoms with Crippen LogP contribution in [0.5, 0.6) is 23.0 Å². The second kappa shape index (κ2) is 13.0. The first kappa shape index (κ1) is 25.6. The average molecular weight is 533 g/mol. The van der Waals surface area contributed by atoms with Crippen molar-refractivity contribution in [3.63, 3.8) is 0 Å². The van der Waals surface area contributed by atoms with E-state index in [4.69, 9.17) is 18.9 Å². The van der Waals surface area contributed by atoms with E-state index >= 15 is 0 Å². The maximum Gasteiger partial charge on any atom is 0.191 e. The number of ether oxygens (including phenoxy) is 4. The summed E-state index contributed by atoms with van der Waals surface area (Å²) >= 11 is 0. The molecule has 0 aliphatic rings. The van der Waals surface area contributed by atoms with Gasteiger partial charge in [-0.3, -0.25) is 4.99 Å².